The van der Waals surface area contributed by atoms with Gasteiger partial charge in [0, 0.05) is 61.2 Å². The van der Waals surface area contributed by atoms with Crippen molar-refractivity contribution in [1.29, 1.82) is 0 Å². The average molecular weight is 735 g/mol. The maximum atomic E-state index is 6.72. The third kappa shape index (κ3) is 5.37. The minimum Gasteiger partial charge on any atom is -0.456 e. The molecule has 0 aliphatic carbocycles. The summed E-state index contributed by atoms with van der Waals surface area (Å²) >= 11 is 0. The van der Waals surface area contributed by atoms with Crippen LogP contribution in [0.4, 0.5) is 34.1 Å². The molecular weight excluding hydrogens is 697 g/mol. The van der Waals surface area contributed by atoms with Gasteiger partial charge >= 0.3 is 0 Å². The summed E-state index contributed by atoms with van der Waals surface area (Å²) in [5.41, 5.74) is 13.6. The molecule has 0 spiro atoms. The second-order valence-corrected chi connectivity index (χ2v) is 15.1. The molecular formula is C53H38N2O2. The number of fused-ring (bicyclic) bond motifs is 8. The summed E-state index contributed by atoms with van der Waals surface area (Å²) in [7, 11) is 0. The quantitative estimate of drug-likeness (QED) is 0.170. The average Bonchev–Trinajstić information content (AvgIpc) is 3.79. The highest BCUT2D eigenvalue weighted by Crippen LogP contribution is 2.44. The van der Waals surface area contributed by atoms with Crippen molar-refractivity contribution in [2.24, 2.45) is 0 Å². The first-order valence-electron chi connectivity index (χ1n) is 19.5. The second-order valence-electron chi connectivity index (χ2n) is 15.1. The molecule has 0 saturated carbocycles. The summed E-state index contributed by atoms with van der Waals surface area (Å²) in [6.45, 7) is 6.44. The highest BCUT2D eigenvalue weighted by Gasteiger charge is 2.21. The molecule has 0 radical (unpaired) electrons. The lowest BCUT2D eigenvalue weighted by Crippen LogP contribution is -2.11. The maximum absolute atomic E-state index is 6.72. The van der Waals surface area contributed by atoms with E-state index in [4.69, 9.17) is 8.83 Å². The molecule has 0 saturated heterocycles. The number of nitrogens with zero attached hydrogens (tertiary/aromatic N) is 2. The lowest BCUT2D eigenvalue weighted by atomic mass is 10.0. The first-order chi connectivity index (χ1) is 28.0. The van der Waals surface area contributed by atoms with Gasteiger partial charge in [-0.15, -0.1) is 0 Å². The van der Waals surface area contributed by atoms with Crippen LogP contribution in [0.5, 0.6) is 0 Å². The molecule has 0 fully saturated rings. The van der Waals surface area contributed by atoms with Gasteiger partial charge in [-0.25, -0.2) is 0 Å². The smallest absolute Gasteiger partial charge is 0.142 e. The van der Waals surface area contributed by atoms with Gasteiger partial charge in [0.2, 0.25) is 0 Å². The molecule has 11 aromatic rings. The Morgan fingerprint density at radius 2 is 0.754 bits per heavy atom. The summed E-state index contributed by atoms with van der Waals surface area (Å²) in [6, 6.07) is 62.8. The van der Waals surface area contributed by atoms with Gasteiger partial charge in [0.1, 0.15) is 22.3 Å². The SMILES string of the molecule is Cc1ccccc1N(c1ccccc1)c1ccc2cc3c(cc2c1)oc1c(C)c2oc4cc5cc(N(c6ccccc6)c6ccccc6C)ccc5cc4c2cc13. The Labute approximate surface area is 330 Å². The highest BCUT2D eigenvalue weighted by molar-refractivity contribution is 6.20. The van der Waals surface area contributed by atoms with Gasteiger partial charge in [-0.05, 0) is 144 Å². The van der Waals surface area contributed by atoms with E-state index in [0.29, 0.717) is 0 Å². The van der Waals surface area contributed by atoms with Crippen LogP contribution in [-0.4, -0.2) is 0 Å². The van der Waals surface area contributed by atoms with E-state index in [2.05, 4.69) is 206 Å². The Hall–Kier alpha value is -7.30. The van der Waals surface area contributed by atoms with Crippen LogP contribution in [0.15, 0.2) is 185 Å². The number of hydrogen-bond donors (Lipinski definition) is 0. The number of hydrogen-bond acceptors (Lipinski definition) is 4. The van der Waals surface area contributed by atoms with Crippen molar-refractivity contribution in [1.82, 2.24) is 0 Å². The van der Waals surface area contributed by atoms with Crippen LogP contribution in [0.1, 0.15) is 16.7 Å². The largest absolute Gasteiger partial charge is 0.456 e. The summed E-state index contributed by atoms with van der Waals surface area (Å²) in [4.78, 5) is 4.66. The lowest BCUT2D eigenvalue weighted by molar-refractivity contribution is 0.651. The van der Waals surface area contributed by atoms with E-state index < -0.39 is 0 Å². The van der Waals surface area contributed by atoms with E-state index in [1.165, 1.54) is 21.9 Å². The van der Waals surface area contributed by atoms with Gasteiger partial charge < -0.3 is 18.6 Å². The molecule has 272 valence electrons. The van der Waals surface area contributed by atoms with Gasteiger partial charge in [0.05, 0.1) is 0 Å². The summed E-state index contributed by atoms with van der Waals surface area (Å²) < 4.78 is 13.4. The summed E-state index contributed by atoms with van der Waals surface area (Å²) in [6.07, 6.45) is 0. The fraction of sp³-hybridized carbons (Fsp3) is 0.0566. The van der Waals surface area contributed by atoms with Crippen LogP contribution in [0.2, 0.25) is 0 Å². The zero-order valence-corrected chi connectivity index (χ0v) is 32.0. The number of benzene rings is 9. The van der Waals surface area contributed by atoms with E-state index in [-0.39, 0.29) is 0 Å². The molecule has 0 atom stereocenters. The lowest BCUT2D eigenvalue weighted by Gasteiger charge is -2.27. The van der Waals surface area contributed by atoms with E-state index in [0.717, 1.165) is 94.3 Å². The first kappa shape index (κ1) is 33.1. The van der Waals surface area contributed by atoms with Crippen LogP contribution in [0.25, 0.3) is 65.4 Å². The van der Waals surface area contributed by atoms with Gasteiger partial charge in [-0.1, -0.05) is 84.9 Å². The van der Waals surface area contributed by atoms with Crippen LogP contribution in [0.3, 0.4) is 0 Å². The number of rotatable bonds is 6. The highest BCUT2D eigenvalue weighted by atomic mass is 16.3. The van der Waals surface area contributed by atoms with Crippen LogP contribution >= 0.6 is 0 Å². The van der Waals surface area contributed by atoms with Crippen LogP contribution < -0.4 is 9.80 Å². The van der Waals surface area contributed by atoms with Gasteiger partial charge in [0.25, 0.3) is 0 Å². The Kier molecular flexibility index (Phi) is 7.48. The summed E-state index contributed by atoms with van der Waals surface area (Å²) in [5, 5.41) is 8.98. The molecule has 11 rings (SSSR count). The topological polar surface area (TPSA) is 32.8 Å². The molecule has 0 bridgehead atoms. The molecule has 4 nitrogen and oxygen atoms in total. The fourth-order valence-electron chi connectivity index (χ4n) is 8.70. The molecule has 0 aliphatic heterocycles. The monoisotopic (exact) mass is 734 g/mol. The Bertz CT molecular complexity index is 3120. The third-order valence-electron chi connectivity index (χ3n) is 11.6. The number of furan rings is 2. The van der Waals surface area contributed by atoms with Crippen molar-refractivity contribution in [3.05, 3.63) is 193 Å². The first-order valence-corrected chi connectivity index (χ1v) is 19.5. The van der Waals surface area contributed by atoms with Crippen LogP contribution in [-0.2, 0) is 0 Å². The second kappa shape index (κ2) is 12.9. The Balaban J connectivity index is 1.03. The molecule has 2 aromatic heterocycles. The van der Waals surface area contributed by atoms with Crippen molar-refractivity contribution in [3.8, 4) is 0 Å². The third-order valence-corrected chi connectivity index (χ3v) is 11.6. The van der Waals surface area contributed by atoms with Gasteiger partial charge in [-0.3, -0.25) is 0 Å². The Morgan fingerprint density at radius 3 is 1.19 bits per heavy atom. The number of para-hydroxylation sites is 4. The maximum Gasteiger partial charge on any atom is 0.142 e. The predicted octanol–water partition coefficient (Wildman–Crippen LogP) is 15.7. The van der Waals surface area contributed by atoms with E-state index in [9.17, 15) is 0 Å². The molecule has 4 heteroatoms. The molecule has 0 amide bonds. The zero-order chi connectivity index (χ0) is 38.2. The number of aryl methyl sites for hydroxylation is 3. The van der Waals surface area contributed by atoms with Gasteiger partial charge in [0.15, 0.2) is 0 Å². The molecule has 2 heterocycles. The van der Waals surface area contributed by atoms with Crippen molar-refractivity contribution < 1.29 is 8.83 Å². The normalized spacial score (nSPS) is 11.8. The molecule has 0 N–H and O–H groups in total. The minimum absolute atomic E-state index is 0.862. The molecule has 0 aliphatic rings. The molecule has 57 heavy (non-hydrogen) atoms. The van der Waals surface area contributed by atoms with Crippen molar-refractivity contribution in [3.63, 3.8) is 0 Å². The fourth-order valence-corrected chi connectivity index (χ4v) is 8.70. The van der Waals surface area contributed by atoms with Crippen molar-refractivity contribution in [2.45, 2.75) is 20.8 Å². The van der Waals surface area contributed by atoms with Gasteiger partial charge in [-0.2, -0.15) is 0 Å². The molecule has 9 aromatic carbocycles. The van der Waals surface area contributed by atoms with E-state index in [1.54, 1.807) is 0 Å². The standard InChI is InChI=1S/C53H38N2O2/c1-33-14-10-12-20-48(33)54(40-16-6-4-7-17-40)42-24-22-36-28-44-46-32-47-45-29-37-23-25-43(55(41-18-8-5-9-19-41)49-21-13-11-15-34(49)2)27-39(37)31-51(45)57-53(47)35(3)52(46)56-50(44)30-38(36)26-42/h4-32H,1-3H3. The van der Waals surface area contributed by atoms with Crippen molar-refractivity contribution in [2.75, 3.05) is 9.80 Å². The van der Waals surface area contributed by atoms with Crippen molar-refractivity contribution >= 4 is 99.5 Å². The van der Waals surface area contributed by atoms with E-state index >= 15 is 0 Å². The predicted molar refractivity (Wildman–Crippen MR) is 240 cm³/mol. The summed E-state index contributed by atoms with van der Waals surface area (Å²) in [5.74, 6) is 0. The van der Waals surface area contributed by atoms with Crippen LogP contribution in [0, 0.1) is 20.8 Å². The number of anilines is 6. The van der Waals surface area contributed by atoms with E-state index in [1.807, 2.05) is 0 Å². The minimum atomic E-state index is 0.862. The Morgan fingerprint density at radius 1 is 0.333 bits per heavy atom. The zero-order valence-electron chi connectivity index (χ0n) is 32.0. The molecule has 0 unspecified atom stereocenters.